The molecule has 134 valence electrons. The largest absolute Gasteiger partial charge is 0.459 e. The third kappa shape index (κ3) is 3.12. The minimum Gasteiger partial charge on any atom is -0.459 e. The second-order valence-corrected chi connectivity index (χ2v) is 6.81. The number of amides is 1. The summed E-state index contributed by atoms with van der Waals surface area (Å²) < 4.78 is 11.7. The summed E-state index contributed by atoms with van der Waals surface area (Å²) >= 11 is 0. The summed E-state index contributed by atoms with van der Waals surface area (Å²) in [4.78, 5) is 17.2. The van der Waals surface area contributed by atoms with Gasteiger partial charge in [-0.3, -0.25) is 4.79 Å². The lowest BCUT2D eigenvalue weighted by molar-refractivity contribution is 0.0942. The Morgan fingerprint density at radius 1 is 1.04 bits per heavy atom. The van der Waals surface area contributed by atoms with E-state index in [1.165, 1.54) is 0 Å². The van der Waals surface area contributed by atoms with Crippen LogP contribution in [0.4, 0.5) is 0 Å². The first-order chi connectivity index (χ1) is 13.3. The van der Waals surface area contributed by atoms with Crippen LogP contribution >= 0.6 is 0 Å². The van der Waals surface area contributed by atoms with Crippen molar-refractivity contribution in [3.05, 3.63) is 77.9 Å². The summed E-state index contributed by atoms with van der Waals surface area (Å²) in [5, 5.41) is 3.93. The van der Waals surface area contributed by atoms with Gasteiger partial charge >= 0.3 is 0 Å². The molecule has 5 rings (SSSR count). The van der Waals surface area contributed by atoms with E-state index in [1.807, 2.05) is 60.7 Å². The van der Waals surface area contributed by atoms with Crippen molar-refractivity contribution in [1.82, 2.24) is 10.3 Å². The lowest BCUT2D eigenvalue weighted by Gasteiger charge is -2.01. The number of nitrogens with one attached hydrogen (secondary N) is 1. The van der Waals surface area contributed by atoms with Gasteiger partial charge in [0.25, 0.3) is 5.91 Å². The number of carbonyl (C=O) groups is 1. The van der Waals surface area contributed by atoms with Gasteiger partial charge in [0.05, 0.1) is 6.54 Å². The van der Waals surface area contributed by atoms with E-state index in [4.69, 9.17) is 8.83 Å². The smallest absolute Gasteiger partial charge is 0.273 e. The minimum atomic E-state index is -0.233. The molecule has 0 radical (unpaired) electrons. The summed E-state index contributed by atoms with van der Waals surface area (Å²) in [6, 6.07) is 19.4. The van der Waals surface area contributed by atoms with E-state index in [9.17, 15) is 4.79 Å². The number of oxazole rings is 1. The third-order valence-electron chi connectivity index (χ3n) is 4.74. The zero-order valence-electron chi connectivity index (χ0n) is 14.6. The summed E-state index contributed by atoms with van der Waals surface area (Å²) in [6.07, 6.45) is 2.07. The lowest BCUT2D eigenvalue weighted by Crippen LogP contribution is -2.23. The summed E-state index contributed by atoms with van der Waals surface area (Å²) in [5.74, 6) is 1.96. The number of fused-ring (bicyclic) bond motifs is 1. The first kappa shape index (κ1) is 15.9. The Balaban J connectivity index is 1.38. The van der Waals surface area contributed by atoms with E-state index in [1.54, 1.807) is 0 Å². The molecule has 0 bridgehead atoms. The van der Waals surface area contributed by atoms with E-state index in [0.717, 1.165) is 29.4 Å². The minimum absolute atomic E-state index is 0.233. The van der Waals surface area contributed by atoms with Crippen molar-refractivity contribution >= 4 is 16.9 Å². The molecule has 1 aliphatic carbocycles. The molecule has 1 saturated carbocycles. The van der Waals surface area contributed by atoms with Crippen molar-refractivity contribution in [2.45, 2.75) is 25.3 Å². The molecule has 5 nitrogen and oxygen atoms in total. The van der Waals surface area contributed by atoms with Crippen molar-refractivity contribution in [3.8, 4) is 11.5 Å². The predicted octanol–water partition coefficient (Wildman–Crippen LogP) is 4.90. The number of benzene rings is 2. The molecule has 0 aliphatic heterocycles. The van der Waals surface area contributed by atoms with E-state index < -0.39 is 0 Å². The Morgan fingerprint density at radius 3 is 2.59 bits per heavy atom. The van der Waals surface area contributed by atoms with Crippen LogP contribution in [0.3, 0.4) is 0 Å². The summed E-state index contributed by atoms with van der Waals surface area (Å²) in [7, 11) is 0. The molecular weight excluding hydrogens is 340 g/mol. The molecule has 1 N–H and O–H groups in total. The molecule has 0 unspecified atom stereocenters. The van der Waals surface area contributed by atoms with Gasteiger partial charge in [-0.05, 0) is 37.1 Å². The Hall–Kier alpha value is -3.34. The maximum absolute atomic E-state index is 12.8. The maximum Gasteiger partial charge on any atom is 0.273 e. The molecular formula is C22H18N2O3. The van der Waals surface area contributed by atoms with Crippen molar-refractivity contribution in [1.29, 1.82) is 0 Å². The molecule has 0 atom stereocenters. The van der Waals surface area contributed by atoms with Crippen LogP contribution in [-0.4, -0.2) is 10.9 Å². The third-order valence-corrected chi connectivity index (χ3v) is 4.74. The van der Waals surface area contributed by atoms with Crippen LogP contribution in [0.5, 0.6) is 0 Å². The molecule has 4 aromatic rings. The van der Waals surface area contributed by atoms with Gasteiger partial charge in [-0.25, -0.2) is 4.98 Å². The monoisotopic (exact) mass is 358 g/mol. The molecule has 0 saturated heterocycles. The highest BCUT2D eigenvalue weighted by Gasteiger charge is 2.34. The number of hydrogen-bond donors (Lipinski definition) is 1. The zero-order chi connectivity index (χ0) is 18.2. The Bertz CT molecular complexity index is 1070. The second-order valence-electron chi connectivity index (χ2n) is 6.81. The highest BCUT2D eigenvalue weighted by molar-refractivity contribution is 5.94. The van der Waals surface area contributed by atoms with Crippen LogP contribution in [0.25, 0.3) is 22.4 Å². The average molecular weight is 358 g/mol. The molecule has 2 aromatic carbocycles. The van der Waals surface area contributed by atoms with Crippen LogP contribution < -0.4 is 5.32 Å². The zero-order valence-corrected chi connectivity index (χ0v) is 14.6. The fourth-order valence-corrected chi connectivity index (χ4v) is 3.20. The highest BCUT2D eigenvalue weighted by Crippen LogP contribution is 2.43. The summed E-state index contributed by atoms with van der Waals surface area (Å²) in [5.41, 5.74) is 2.07. The van der Waals surface area contributed by atoms with E-state index in [0.29, 0.717) is 35.6 Å². The van der Waals surface area contributed by atoms with Gasteiger partial charge in [0, 0.05) is 16.9 Å². The van der Waals surface area contributed by atoms with Crippen molar-refractivity contribution in [2.24, 2.45) is 0 Å². The van der Waals surface area contributed by atoms with Gasteiger partial charge in [0.1, 0.15) is 17.1 Å². The Morgan fingerprint density at radius 2 is 1.81 bits per heavy atom. The Kier molecular flexibility index (Phi) is 3.78. The van der Waals surface area contributed by atoms with E-state index >= 15 is 0 Å². The fraction of sp³-hybridized carbons (Fsp3) is 0.182. The van der Waals surface area contributed by atoms with E-state index in [-0.39, 0.29) is 5.91 Å². The number of aromatic nitrogens is 1. The van der Waals surface area contributed by atoms with E-state index in [2.05, 4.69) is 10.3 Å². The van der Waals surface area contributed by atoms with Gasteiger partial charge in [0.15, 0.2) is 5.69 Å². The van der Waals surface area contributed by atoms with Gasteiger partial charge in [-0.1, -0.05) is 36.4 Å². The van der Waals surface area contributed by atoms with Gasteiger partial charge in [0.2, 0.25) is 5.89 Å². The molecule has 1 aliphatic rings. The predicted molar refractivity (Wildman–Crippen MR) is 101 cm³/mol. The average Bonchev–Trinajstić information content (AvgIpc) is 3.31. The highest BCUT2D eigenvalue weighted by atomic mass is 16.4. The second kappa shape index (κ2) is 6.43. The molecule has 5 heteroatoms. The van der Waals surface area contributed by atoms with Crippen molar-refractivity contribution < 1.29 is 13.6 Å². The normalized spacial score (nSPS) is 13.8. The standard InChI is InChI=1S/C22H18N2O3/c25-21(23-13-17-12-16-8-4-5-9-18(16)26-17)19-20(14-10-11-14)27-22(24-19)15-6-2-1-3-7-15/h1-9,12,14H,10-11,13H2,(H,23,25). The number of rotatable bonds is 5. The number of furan rings is 1. The van der Waals surface area contributed by atoms with Crippen LogP contribution in [0, 0.1) is 0 Å². The number of hydrogen-bond acceptors (Lipinski definition) is 4. The van der Waals surface area contributed by atoms with Gasteiger partial charge in [-0.2, -0.15) is 0 Å². The van der Waals surface area contributed by atoms with Crippen LogP contribution in [-0.2, 0) is 6.54 Å². The maximum atomic E-state index is 12.8. The van der Waals surface area contributed by atoms with Crippen LogP contribution in [0.2, 0.25) is 0 Å². The van der Waals surface area contributed by atoms with Crippen molar-refractivity contribution in [2.75, 3.05) is 0 Å². The number of para-hydroxylation sites is 1. The molecule has 27 heavy (non-hydrogen) atoms. The quantitative estimate of drug-likeness (QED) is 0.551. The lowest BCUT2D eigenvalue weighted by atomic mass is 10.2. The number of carbonyl (C=O) groups excluding carboxylic acids is 1. The molecule has 2 heterocycles. The fourth-order valence-electron chi connectivity index (χ4n) is 3.20. The summed E-state index contributed by atoms with van der Waals surface area (Å²) in [6.45, 7) is 0.311. The van der Waals surface area contributed by atoms with Gasteiger partial charge in [-0.15, -0.1) is 0 Å². The van der Waals surface area contributed by atoms with Crippen LogP contribution in [0.1, 0.15) is 40.8 Å². The number of nitrogens with zero attached hydrogens (tertiary/aromatic N) is 1. The molecule has 2 aromatic heterocycles. The SMILES string of the molecule is O=C(NCc1cc2ccccc2o1)c1nc(-c2ccccc2)oc1C1CC1. The molecule has 1 fully saturated rings. The Labute approximate surface area is 156 Å². The molecule has 0 spiro atoms. The first-order valence-corrected chi connectivity index (χ1v) is 9.10. The van der Waals surface area contributed by atoms with Crippen molar-refractivity contribution in [3.63, 3.8) is 0 Å². The van der Waals surface area contributed by atoms with Gasteiger partial charge < -0.3 is 14.2 Å². The first-order valence-electron chi connectivity index (χ1n) is 9.10. The van der Waals surface area contributed by atoms with Crippen LogP contribution in [0.15, 0.2) is 69.5 Å². The topological polar surface area (TPSA) is 68.3 Å². The molecule has 1 amide bonds.